The van der Waals surface area contributed by atoms with Crippen molar-refractivity contribution in [3.8, 4) is 11.5 Å². The smallest absolute Gasteiger partial charge is 0.264 e. The van der Waals surface area contributed by atoms with E-state index in [-0.39, 0.29) is 4.90 Å². The first kappa shape index (κ1) is 16.4. The minimum absolute atomic E-state index is 0.0872. The van der Waals surface area contributed by atoms with E-state index in [9.17, 15) is 8.42 Å². The van der Waals surface area contributed by atoms with Gasteiger partial charge < -0.3 is 4.74 Å². The lowest BCUT2D eigenvalue weighted by molar-refractivity contribution is 0.482. The molecule has 4 rings (SSSR count). The highest BCUT2D eigenvalue weighted by atomic mass is 32.2. The Morgan fingerprint density at radius 1 is 0.923 bits per heavy atom. The van der Waals surface area contributed by atoms with Gasteiger partial charge in [-0.15, -0.1) is 0 Å². The Hall–Kier alpha value is -3.04. The van der Waals surface area contributed by atoms with Crippen LogP contribution < -0.4 is 9.46 Å². The van der Waals surface area contributed by atoms with E-state index in [2.05, 4.69) is 18.4 Å². The fraction of sp³-hybridized carbons (Fsp3) is 0. The molecule has 0 amide bonds. The van der Waals surface area contributed by atoms with Crippen molar-refractivity contribution in [2.75, 3.05) is 4.72 Å². The first-order chi connectivity index (χ1) is 12.6. The topological polar surface area (TPSA) is 93.0 Å². The number of ether oxygens (including phenoxy) is 1. The van der Waals surface area contributed by atoms with E-state index in [4.69, 9.17) is 4.74 Å². The van der Waals surface area contributed by atoms with Crippen molar-refractivity contribution in [1.82, 2.24) is 4.98 Å². The number of hydrogen-bond donors (Lipinski definition) is 1. The molecule has 2 aromatic carbocycles. The number of hydrogen-bond acceptors (Lipinski definition) is 6. The monoisotopic (exact) mass is 384 g/mol. The molecule has 0 aliphatic carbocycles. The van der Waals surface area contributed by atoms with E-state index in [0.717, 1.165) is 11.4 Å². The Morgan fingerprint density at radius 3 is 2.58 bits per heavy atom. The molecular formula is C17H12N4O3S2. The van der Waals surface area contributed by atoms with Crippen LogP contribution in [0.3, 0.4) is 0 Å². The molecule has 7 nitrogen and oxygen atoms in total. The number of anilines is 1. The number of nitrogens with one attached hydrogen (secondary N) is 1. The van der Waals surface area contributed by atoms with Crippen LogP contribution in [0.25, 0.3) is 0 Å². The van der Waals surface area contributed by atoms with Crippen LogP contribution in [0.1, 0.15) is 0 Å². The Labute approximate surface area is 153 Å². The van der Waals surface area contributed by atoms with Crippen LogP contribution in [0.2, 0.25) is 0 Å². The normalized spacial score (nSPS) is 12.3. The van der Waals surface area contributed by atoms with E-state index < -0.39 is 10.0 Å². The molecule has 0 atom stereocenters. The van der Waals surface area contributed by atoms with E-state index >= 15 is 0 Å². The summed E-state index contributed by atoms with van der Waals surface area (Å²) in [6, 6.07) is 15.0. The van der Waals surface area contributed by atoms with Crippen molar-refractivity contribution in [2.24, 2.45) is 8.73 Å². The van der Waals surface area contributed by atoms with Crippen molar-refractivity contribution in [3.63, 3.8) is 0 Å². The first-order valence-electron chi connectivity index (χ1n) is 7.54. The predicted molar refractivity (Wildman–Crippen MR) is 99.5 cm³/mol. The van der Waals surface area contributed by atoms with Gasteiger partial charge in [-0.1, -0.05) is 12.1 Å². The summed E-state index contributed by atoms with van der Waals surface area (Å²) in [4.78, 5) is 4.01. The largest absolute Gasteiger partial charge is 0.457 e. The summed E-state index contributed by atoms with van der Waals surface area (Å²) in [5.41, 5.74) is 1.29. The summed E-state index contributed by atoms with van der Waals surface area (Å²) in [6.07, 6.45) is 3.23. The third kappa shape index (κ3) is 3.35. The second kappa shape index (κ2) is 6.70. The number of rotatable bonds is 5. The molecule has 2 heterocycles. The number of aromatic nitrogens is 1. The van der Waals surface area contributed by atoms with Gasteiger partial charge in [-0.3, -0.25) is 9.71 Å². The van der Waals surface area contributed by atoms with Gasteiger partial charge in [-0.05, 0) is 36.4 Å². The van der Waals surface area contributed by atoms with Crippen molar-refractivity contribution < 1.29 is 13.2 Å². The molecule has 1 aliphatic heterocycles. The highest BCUT2D eigenvalue weighted by molar-refractivity contribution is 7.93. The summed E-state index contributed by atoms with van der Waals surface area (Å²) in [7, 11) is -3.81. The van der Waals surface area contributed by atoms with E-state index in [0.29, 0.717) is 28.6 Å². The van der Waals surface area contributed by atoms with Crippen LogP contribution in [-0.2, 0) is 21.4 Å². The van der Waals surface area contributed by atoms with Crippen molar-refractivity contribution in [2.45, 2.75) is 4.90 Å². The van der Waals surface area contributed by atoms with Crippen LogP contribution in [0.5, 0.6) is 11.5 Å². The second-order valence-electron chi connectivity index (χ2n) is 5.31. The first-order valence-corrected chi connectivity index (χ1v) is 9.75. The number of nitrogens with zero attached hydrogens (tertiary/aromatic N) is 3. The molecule has 130 valence electrons. The average molecular weight is 384 g/mol. The molecule has 1 aliphatic rings. The van der Waals surface area contributed by atoms with Crippen LogP contribution in [0.4, 0.5) is 17.1 Å². The minimum atomic E-state index is -3.81. The molecule has 0 bridgehead atoms. The Kier molecular flexibility index (Phi) is 4.23. The zero-order valence-corrected chi connectivity index (χ0v) is 14.9. The Bertz CT molecular complexity index is 1140. The molecule has 1 N–H and O–H groups in total. The maximum Gasteiger partial charge on any atom is 0.264 e. The van der Waals surface area contributed by atoms with E-state index in [1.54, 1.807) is 60.9 Å². The molecule has 0 radical (unpaired) electrons. The zero-order chi connectivity index (χ0) is 18.0. The van der Waals surface area contributed by atoms with Crippen molar-refractivity contribution >= 4 is 38.4 Å². The number of pyridine rings is 1. The molecule has 0 saturated heterocycles. The zero-order valence-electron chi connectivity index (χ0n) is 13.2. The summed E-state index contributed by atoms with van der Waals surface area (Å²) < 4.78 is 41.9. The fourth-order valence-electron chi connectivity index (χ4n) is 2.37. The quantitative estimate of drug-likeness (QED) is 0.552. The molecule has 1 aromatic heterocycles. The molecule has 0 spiro atoms. The lowest BCUT2D eigenvalue weighted by Gasteiger charge is -2.11. The van der Waals surface area contributed by atoms with Gasteiger partial charge in [0.15, 0.2) is 0 Å². The molecular weight excluding hydrogens is 372 g/mol. The maximum atomic E-state index is 12.8. The third-order valence-corrected chi connectivity index (χ3v) is 5.47. The van der Waals surface area contributed by atoms with Crippen molar-refractivity contribution in [1.29, 1.82) is 0 Å². The fourth-order valence-corrected chi connectivity index (χ4v) is 4.19. The molecule has 3 aromatic rings. The molecule has 0 unspecified atom stereocenters. The van der Waals surface area contributed by atoms with Crippen LogP contribution in [0.15, 0.2) is 80.6 Å². The van der Waals surface area contributed by atoms with Crippen LogP contribution >= 0.6 is 0 Å². The summed E-state index contributed by atoms with van der Waals surface area (Å²) in [5, 5.41) is 0. The highest BCUT2D eigenvalue weighted by Crippen LogP contribution is 2.38. The number of benzene rings is 2. The lowest BCUT2D eigenvalue weighted by atomic mass is 10.3. The number of fused-ring (bicyclic) bond motifs is 1. The van der Waals surface area contributed by atoms with Gasteiger partial charge in [0, 0.05) is 18.5 Å². The van der Waals surface area contributed by atoms with Gasteiger partial charge in [0.1, 0.15) is 27.8 Å². The van der Waals surface area contributed by atoms with Gasteiger partial charge in [-0.2, -0.15) is 8.73 Å². The predicted octanol–water partition coefficient (Wildman–Crippen LogP) is 4.40. The van der Waals surface area contributed by atoms with Crippen LogP contribution in [0, 0.1) is 0 Å². The molecule has 0 fully saturated rings. The maximum absolute atomic E-state index is 12.8. The van der Waals surface area contributed by atoms with Gasteiger partial charge in [0.2, 0.25) is 0 Å². The van der Waals surface area contributed by atoms with Crippen molar-refractivity contribution in [3.05, 3.63) is 67.0 Å². The standard InChI is InChI=1S/C17H12N4O3S2/c22-26(23,16-6-2-5-15-17(16)20-25-19-15)21-12-3-1-4-14(11-12)24-13-7-9-18-10-8-13/h1-11,21H. The molecule has 26 heavy (non-hydrogen) atoms. The van der Waals surface area contributed by atoms with Gasteiger partial charge >= 0.3 is 0 Å². The molecule has 9 heteroatoms. The summed E-state index contributed by atoms with van der Waals surface area (Å²) in [6.45, 7) is 0. The van der Waals surface area contributed by atoms with Crippen LogP contribution in [-0.4, -0.2) is 13.4 Å². The summed E-state index contributed by atoms with van der Waals surface area (Å²) in [5.74, 6) is 1.11. The summed E-state index contributed by atoms with van der Waals surface area (Å²) >= 11 is 0.976. The number of sulfonamides is 1. The Morgan fingerprint density at radius 2 is 1.73 bits per heavy atom. The van der Waals surface area contributed by atoms with Gasteiger partial charge in [0.05, 0.1) is 17.0 Å². The highest BCUT2D eigenvalue weighted by Gasteiger charge is 2.22. The van der Waals surface area contributed by atoms with E-state index in [1.165, 1.54) is 6.07 Å². The lowest BCUT2D eigenvalue weighted by Crippen LogP contribution is -2.13. The minimum Gasteiger partial charge on any atom is -0.457 e. The van der Waals surface area contributed by atoms with Gasteiger partial charge in [-0.25, -0.2) is 8.42 Å². The van der Waals surface area contributed by atoms with E-state index in [1.807, 2.05) is 0 Å². The van der Waals surface area contributed by atoms with Gasteiger partial charge in [0.25, 0.3) is 10.0 Å². The SMILES string of the molecule is O=S(=O)(Nc1cccc(Oc2ccncc2)c1)c1cccc2c1N=S=N2. The third-order valence-electron chi connectivity index (χ3n) is 3.51. The second-order valence-corrected chi connectivity index (χ2v) is 7.49. The Balaban J connectivity index is 1.60. The molecule has 0 saturated carbocycles. The average Bonchev–Trinajstić information content (AvgIpc) is 3.11.